The summed E-state index contributed by atoms with van der Waals surface area (Å²) in [5.74, 6) is 1.89. The molecule has 0 spiro atoms. The smallest absolute Gasteiger partial charge is 0.232 e. The van der Waals surface area contributed by atoms with E-state index in [9.17, 15) is 13.2 Å². The molecule has 0 N–H and O–H groups in total. The van der Waals surface area contributed by atoms with Gasteiger partial charge in [0.05, 0.1) is 18.7 Å². The number of piperidine rings is 1. The van der Waals surface area contributed by atoms with Crippen molar-refractivity contribution in [3.63, 3.8) is 0 Å². The molecule has 0 radical (unpaired) electrons. The van der Waals surface area contributed by atoms with E-state index in [1.807, 2.05) is 11.8 Å². The summed E-state index contributed by atoms with van der Waals surface area (Å²) in [6.07, 6.45) is 10.2. The number of carbonyl (C=O) groups excluding carboxylic acids is 1. The molecular formula is C20H30N4O3S. The largest absolute Gasteiger partial charge is 0.296 e. The quantitative estimate of drug-likeness (QED) is 0.768. The van der Waals surface area contributed by atoms with Crippen LogP contribution in [0, 0.1) is 12.8 Å². The molecule has 154 valence electrons. The number of anilines is 1. The average molecular weight is 407 g/mol. The van der Waals surface area contributed by atoms with Crippen molar-refractivity contribution in [3.8, 4) is 0 Å². The van der Waals surface area contributed by atoms with Crippen LogP contribution in [-0.2, 0) is 21.2 Å². The zero-order valence-electron chi connectivity index (χ0n) is 16.9. The topological polar surface area (TPSA) is 83.5 Å². The zero-order valence-corrected chi connectivity index (χ0v) is 17.7. The number of carbonyl (C=O) groups is 1. The fourth-order valence-electron chi connectivity index (χ4n) is 4.92. The highest BCUT2D eigenvalue weighted by molar-refractivity contribution is 7.88. The highest BCUT2D eigenvalue weighted by Gasteiger charge is 2.37. The van der Waals surface area contributed by atoms with Crippen molar-refractivity contribution in [2.24, 2.45) is 5.92 Å². The van der Waals surface area contributed by atoms with Crippen molar-refractivity contribution in [3.05, 3.63) is 17.1 Å². The normalized spacial score (nSPS) is 24.6. The number of aromatic nitrogens is 2. The van der Waals surface area contributed by atoms with Crippen LogP contribution in [-0.4, -0.2) is 47.9 Å². The van der Waals surface area contributed by atoms with Gasteiger partial charge >= 0.3 is 0 Å². The standard InChI is InChI=1S/C20H30N4O3S/c1-14-16-12-18(25)23(13-15-8-4-3-5-9-15)20(16)22-19(21-14)17-10-6-7-11-24(17)28(2,26)27/h15,17H,3-13H2,1-2H3/t17-/m0/s1. The molecular weight excluding hydrogens is 376 g/mol. The molecule has 1 aliphatic carbocycles. The minimum atomic E-state index is -3.32. The molecule has 8 heteroatoms. The molecule has 2 fully saturated rings. The summed E-state index contributed by atoms with van der Waals surface area (Å²) >= 11 is 0. The lowest BCUT2D eigenvalue weighted by molar-refractivity contribution is -0.117. The maximum Gasteiger partial charge on any atom is 0.232 e. The lowest BCUT2D eigenvalue weighted by Gasteiger charge is -2.33. The fourth-order valence-corrected chi connectivity index (χ4v) is 6.05. The average Bonchev–Trinajstić information content (AvgIpc) is 2.98. The van der Waals surface area contributed by atoms with Crippen LogP contribution < -0.4 is 4.90 Å². The molecule has 0 aromatic carbocycles. The molecule has 3 heterocycles. The summed E-state index contributed by atoms with van der Waals surface area (Å²) in [5, 5.41) is 0. The molecule has 2 aliphatic heterocycles. The van der Waals surface area contributed by atoms with Gasteiger partial charge in [-0.05, 0) is 38.5 Å². The second kappa shape index (κ2) is 7.71. The molecule has 1 atom stereocenters. The van der Waals surface area contributed by atoms with Crippen LogP contribution in [0.4, 0.5) is 5.82 Å². The highest BCUT2D eigenvalue weighted by Crippen LogP contribution is 2.36. The molecule has 1 aromatic heterocycles. The van der Waals surface area contributed by atoms with Crippen molar-refractivity contribution in [2.75, 3.05) is 24.2 Å². The first kappa shape index (κ1) is 19.8. The third-order valence-corrected chi connectivity index (χ3v) is 7.73. The molecule has 1 saturated carbocycles. The third-order valence-electron chi connectivity index (χ3n) is 6.44. The molecule has 7 nitrogen and oxygen atoms in total. The first-order valence-corrected chi connectivity index (χ1v) is 12.3. The van der Waals surface area contributed by atoms with E-state index in [4.69, 9.17) is 4.98 Å². The first-order valence-electron chi connectivity index (χ1n) is 10.5. The maximum atomic E-state index is 12.7. The van der Waals surface area contributed by atoms with Gasteiger partial charge in [-0.2, -0.15) is 4.31 Å². The second-order valence-corrected chi connectivity index (χ2v) is 10.5. The van der Waals surface area contributed by atoms with E-state index in [-0.39, 0.29) is 11.9 Å². The predicted octanol–water partition coefficient (Wildman–Crippen LogP) is 2.74. The number of rotatable bonds is 4. The number of amides is 1. The summed E-state index contributed by atoms with van der Waals surface area (Å²) in [5.41, 5.74) is 1.71. The van der Waals surface area contributed by atoms with Crippen molar-refractivity contribution in [2.45, 2.75) is 70.8 Å². The zero-order chi connectivity index (χ0) is 19.9. The van der Waals surface area contributed by atoms with E-state index in [1.54, 1.807) is 0 Å². The van der Waals surface area contributed by atoms with Crippen LogP contribution in [0.5, 0.6) is 0 Å². The Morgan fingerprint density at radius 2 is 1.75 bits per heavy atom. The SMILES string of the molecule is Cc1nc([C@@H]2CCCCN2S(C)(=O)=O)nc2c1CC(=O)N2CC1CCCCC1. The van der Waals surface area contributed by atoms with Gasteiger partial charge in [0.2, 0.25) is 15.9 Å². The Morgan fingerprint density at radius 3 is 2.46 bits per heavy atom. The van der Waals surface area contributed by atoms with Gasteiger partial charge in [-0.3, -0.25) is 9.69 Å². The highest BCUT2D eigenvalue weighted by atomic mass is 32.2. The van der Waals surface area contributed by atoms with E-state index >= 15 is 0 Å². The number of nitrogens with zero attached hydrogens (tertiary/aromatic N) is 4. The Balaban J connectivity index is 1.66. The van der Waals surface area contributed by atoms with Gasteiger partial charge < -0.3 is 0 Å². The van der Waals surface area contributed by atoms with E-state index in [0.29, 0.717) is 24.7 Å². The molecule has 3 aliphatic rings. The Bertz CT molecular complexity index is 864. The van der Waals surface area contributed by atoms with Crippen LogP contribution in [0.15, 0.2) is 0 Å². The van der Waals surface area contributed by atoms with Crippen molar-refractivity contribution in [1.82, 2.24) is 14.3 Å². The molecule has 1 aromatic rings. The van der Waals surface area contributed by atoms with Gasteiger partial charge in [0.15, 0.2) is 0 Å². The van der Waals surface area contributed by atoms with Crippen LogP contribution in [0.3, 0.4) is 0 Å². The summed E-state index contributed by atoms with van der Waals surface area (Å²) in [6, 6.07) is -0.333. The number of sulfonamides is 1. The summed E-state index contributed by atoms with van der Waals surface area (Å²) in [4.78, 5) is 24.0. The van der Waals surface area contributed by atoms with Gasteiger partial charge in [-0.1, -0.05) is 25.7 Å². The Hall–Kier alpha value is -1.54. The molecule has 4 rings (SSSR count). The van der Waals surface area contributed by atoms with E-state index in [1.165, 1.54) is 42.7 Å². The Morgan fingerprint density at radius 1 is 1.04 bits per heavy atom. The second-order valence-electron chi connectivity index (χ2n) is 8.54. The van der Waals surface area contributed by atoms with Gasteiger partial charge in [-0.15, -0.1) is 0 Å². The van der Waals surface area contributed by atoms with Crippen LogP contribution in [0.1, 0.15) is 74.5 Å². The number of hydrogen-bond acceptors (Lipinski definition) is 5. The lowest BCUT2D eigenvalue weighted by Crippen LogP contribution is -2.39. The van der Waals surface area contributed by atoms with Crippen LogP contribution in [0.25, 0.3) is 0 Å². The third kappa shape index (κ3) is 3.81. The van der Waals surface area contributed by atoms with Gasteiger partial charge in [0.25, 0.3) is 0 Å². The first-order chi connectivity index (χ1) is 13.3. The fraction of sp³-hybridized carbons (Fsp3) is 0.750. The van der Waals surface area contributed by atoms with Crippen molar-refractivity contribution in [1.29, 1.82) is 0 Å². The molecule has 0 unspecified atom stereocenters. The number of hydrogen-bond donors (Lipinski definition) is 0. The monoisotopic (exact) mass is 406 g/mol. The molecule has 1 saturated heterocycles. The van der Waals surface area contributed by atoms with E-state index in [2.05, 4.69) is 4.98 Å². The minimum Gasteiger partial charge on any atom is -0.296 e. The lowest BCUT2D eigenvalue weighted by atomic mass is 9.89. The van der Waals surface area contributed by atoms with Gasteiger partial charge in [-0.25, -0.2) is 18.4 Å². The van der Waals surface area contributed by atoms with Gasteiger partial charge in [0.1, 0.15) is 11.6 Å². The predicted molar refractivity (Wildman–Crippen MR) is 108 cm³/mol. The van der Waals surface area contributed by atoms with Crippen molar-refractivity contribution < 1.29 is 13.2 Å². The van der Waals surface area contributed by atoms with Crippen LogP contribution in [0.2, 0.25) is 0 Å². The summed E-state index contributed by atoms with van der Waals surface area (Å²) in [6.45, 7) is 3.14. The molecule has 28 heavy (non-hydrogen) atoms. The number of fused-ring (bicyclic) bond motifs is 1. The Labute approximate surface area is 167 Å². The molecule has 1 amide bonds. The van der Waals surface area contributed by atoms with E-state index in [0.717, 1.165) is 42.9 Å². The van der Waals surface area contributed by atoms with E-state index < -0.39 is 10.0 Å². The molecule has 0 bridgehead atoms. The maximum absolute atomic E-state index is 12.7. The number of aryl methyl sites for hydroxylation is 1. The Kier molecular flexibility index (Phi) is 5.44. The van der Waals surface area contributed by atoms with Crippen molar-refractivity contribution >= 4 is 21.7 Å². The van der Waals surface area contributed by atoms with Crippen LogP contribution >= 0.6 is 0 Å². The minimum absolute atomic E-state index is 0.0961. The summed E-state index contributed by atoms with van der Waals surface area (Å²) in [7, 11) is -3.32. The van der Waals surface area contributed by atoms with Gasteiger partial charge in [0, 0.05) is 24.3 Å². The summed E-state index contributed by atoms with van der Waals surface area (Å²) < 4.78 is 26.1.